The van der Waals surface area contributed by atoms with Crippen molar-refractivity contribution in [2.24, 2.45) is 7.05 Å². The second kappa shape index (κ2) is 6.44. The lowest BCUT2D eigenvalue weighted by molar-refractivity contribution is 0.249. The van der Waals surface area contributed by atoms with Crippen molar-refractivity contribution in [3.63, 3.8) is 0 Å². The van der Waals surface area contributed by atoms with Crippen LogP contribution in [0.2, 0.25) is 0 Å². The lowest BCUT2D eigenvalue weighted by atomic mass is 10.0. The van der Waals surface area contributed by atoms with Gasteiger partial charge in [-0.3, -0.25) is 0 Å². The predicted molar refractivity (Wildman–Crippen MR) is 97.8 cm³/mol. The van der Waals surface area contributed by atoms with Crippen LogP contribution < -0.4 is 10.6 Å². The van der Waals surface area contributed by atoms with Gasteiger partial charge in [0.05, 0.1) is 17.3 Å². The van der Waals surface area contributed by atoms with Crippen LogP contribution in [0.5, 0.6) is 0 Å². The Morgan fingerprint density at radius 1 is 1.32 bits per heavy atom. The van der Waals surface area contributed by atoms with E-state index in [0.717, 1.165) is 28.9 Å². The van der Waals surface area contributed by atoms with Crippen molar-refractivity contribution < 1.29 is 4.79 Å². The number of thiazole rings is 1. The minimum absolute atomic E-state index is 0.115. The van der Waals surface area contributed by atoms with Gasteiger partial charge in [0.25, 0.3) is 0 Å². The highest BCUT2D eigenvalue weighted by Gasteiger charge is 2.19. The Hall–Kier alpha value is -2.48. The Morgan fingerprint density at radius 3 is 3.00 bits per heavy atom. The van der Waals surface area contributed by atoms with E-state index in [4.69, 9.17) is 4.98 Å². The Morgan fingerprint density at radius 2 is 2.16 bits per heavy atom. The van der Waals surface area contributed by atoms with Crippen molar-refractivity contribution in [1.82, 2.24) is 25.3 Å². The third-order valence-corrected chi connectivity index (χ3v) is 5.79. The van der Waals surface area contributed by atoms with Crippen LogP contribution in [0.3, 0.4) is 0 Å². The van der Waals surface area contributed by atoms with E-state index < -0.39 is 0 Å². The first kappa shape index (κ1) is 16.0. The second-order valence-corrected chi connectivity index (χ2v) is 7.48. The summed E-state index contributed by atoms with van der Waals surface area (Å²) < 4.78 is 1.70. The fourth-order valence-electron chi connectivity index (χ4n) is 3.10. The summed E-state index contributed by atoms with van der Waals surface area (Å²) in [6, 6.07) is 5.19. The number of anilines is 1. The molecule has 7 nitrogen and oxygen atoms in total. The van der Waals surface area contributed by atoms with Crippen molar-refractivity contribution >= 4 is 34.1 Å². The predicted octanol–water partition coefficient (Wildman–Crippen LogP) is 3.19. The molecule has 8 heteroatoms. The molecule has 0 spiro atoms. The van der Waals surface area contributed by atoms with Gasteiger partial charge in [0.1, 0.15) is 10.5 Å². The van der Waals surface area contributed by atoms with Crippen LogP contribution in [-0.4, -0.2) is 26.0 Å². The number of aromatic nitrogens is 4. The number of fused-ring (bicyclic) bond motifs is 2. The zero-order chi connectivity index (χ0) is 17.4. The first-order valence-corrected chi connectivity index (χ1v) is 9.27. The molecule has 0 unspecified atom stereocenters. The van der Waals surface area contributed by atoms with E-state index >= 15 is 0 Å². The number of carbonyl (C=O) groups is 1. The minimum atomic E-state index is -0.246. The maximum atomic E-state index is 12.3. The lowest BCUT2D eigenvalue weighted by Gasteiger charge is -2.12. The highest BCUT2D eigenvalue weighted by atomic mass is 32.1. The van der Waals surface area contributed by atoms with Gasteiger partial charge in [-0.05, 0) is 50.8 Å². The molecule has 2 heterocycles. The molecule has 0 radical (unpaired) electrons. The molecule has 0 saturated carbocycles. The summed E-state index contributed by atoms with van der Waals surface area (Å²) in [5, 5.41) is 14.8. The van der Waals surface area contributed by atoms with Gasteiger partial charge in [-0.25, -0.2) is 14.5 Å². The number of urea groups is 1. The fourth-order valence-corrected chi connectivity index (χ4v) is 4.26. The zero-order valence-corrected chi connectivity index (χ0v) is 15.1. The molecule has 1 atom stereocenters. The van der Waals surface area contributed by atoms with Crippen molar-refractivity contribution in [2.75, 3.05) is 5.32 Å². The molecular weight excluding hydrogens is 336 g/mol. The van der Waals surface area contributed by atoms with Crippen molar-refractivity contribution in [3.05, 3.63) is 33.8 Å². The number of benzene rings is 1. The standard InChI is InChI=1S/C17H20N6OS/c1-10(16-20-12-5-3-4-6-15(12)25-16)18-17(24)19-11-7-8-14-13(9-11)21-22-23(14)2/h7-10H,3-6H2,1-2H3,(H2,18,19,24)/t10-/m0/s1. The minimum Gasteiger partial charge on any atom is -0.329 e. The van der Waals surface area contributed by atoms with Gasteiger partial charge in [-0.2, -0.15) is 0 Å². The van der Waals surface area contributed by atoms with Gasteiger partial charge in [0.2, 0.25) is 0 Å². The van der Waals surface area contributed by atoms with Crippen molar-refractivity contribution in [2.45, 2.75) is 38.6 Å². The average Bonchev–Trinajstić information content (AvgIpc) is 3.18. The maximum Gasteiger partial charge on any atom is 0.319 e. The van der Waals surface area contributed by atoms with Crippen LogP contribution in [0.25, 0.3) is 11.0 Å². The number of aryl methyl sites for hydroxylation is 3. The zero-order valence-electron chi connectivity index (χ0n) is 14.2. The first-order chi connectivity index (χ1) is 12.1. The molecule has 4 rings (SSSR count). The summed E-state index contributed by atoms with van der Waals surface area (Å²) >= 11 is 1.72. The molecule has 0 saturated heterocycles. The molecule has 0 aliphatic heterocycles. The van der Waals surface area contributed by atoms with Gasteiger partial charge in [-0.15, -0.1) is 16.4 Å². The van der Waals surface area contributed by atoms with E-state index in [1.165, 1.54) is 23.4 Å². The molecule has 3 aromatic rings. The van der Waals surface area contributed by atoms with Gasteiger partial charge < -0.3 is 10.6 Å². The van der Waals surface area contributed by atoms with E-state index in [1.807, 2.05) is 32.2 Å². The van der Waals surface area contributed by atoms with E-state index in [2.05, 4.69) is 20.9 Å². The molecule has 0 bridgehead atoms. The molecule has 1 aromatic carbocycles. The highest BCUT2D eigenvalue weighted by molar-refractivity contribution is 7.11. The molecule has 2 amide bonds. The Kier molecular flexibility index (Phi) is 4.12. The summed E-state index contributed by atoms with van der Waals surface area (Å²) in [6.45, 7) is 1.97. The third kappa shape index (κ3) is 3.21. The number of nitrogens with zero attached hydrogens (tertiary/aromatic N) is 4. The quantitative estimate of drug-likeness (QED) is 0.755. The van der Waals surface area contributed by atoms with Crippen LogP contribution >= 0.6 is 11.3 Å². The van der Waals surface area contributed by atoms with Crippen LogP contribution in [0, 0.1) is 0 Å². The van der Waals surface area contributed by atoms with Gasteiger partial charge in [0, 0.05) is 17.6 Å². The Balaban J connectivity index is 1.42. The molecule has 2 N–H and O–H groups in total. The highest BCUT2D eigenvalue weighted by Crippen LogP contribution is 2.29. The Bertz CT molecular complexity index is 907. The van der Waals surface area contributed by atoms with Gasteiger partial charge in [-0.1, -0.05) is 5.21 Å². The normalized spacial score (nSPS) is 15.0. The molecule has 1 aliphatic carbocycles. The van der Waals surface area contributed by atoms with Crippen molar-refractivity contribution in [1.29, 1.82) is 0 Å². The number of carbonyl (C=O) groups excluding carboxylic acids is 1. The van der Waals surface area contributed by atoms with Crippen molar-refractivity contribution in [3.8, 4) is 0 Å². The summed E-state index contributed by atoms with van der Waals surface area (Å²) in [4.78, 5) is 18.4. The van der Waals surface area contributed by atoms with Crippen LogP contribution in [0.15, 0.2) is 18.2 Å². The van der Waals surface area contributed by atoms with E-state index in [1.54, 1.807) is 16.0 Å². The smallest absolute Gasteiger partial charge is 0.319 e. The van der Waals surface area contributed by atoms with Crippen LogP contribution in [-0.2, 0) is 19.9 Å². The largest absolute Gasteiger partial charge is 0.329 e. The number of hydrogen-bond donors (Lipinski definition) is 2. The third-order valence-electron chi connectivity index (χ3n) is 4.45. The molecule has 1 aliphatic rings. The van der Waals surface area contributed by atoms with Crippen LogP contribution in [0.4, 0.5) is 10.5 Å². The molecule has 0 fully saturated rings. The topological polar surface area (TPSA) is 84.7 Å². The fraction of sp³-hybridized carbons (Fsp3) is 0.412. The summed E-state index contributed by atoms with van der Waals surface area (Å²) in [5.74, 6) is 0. The molecule has 25 heavy (non-hydrogen) atoms. The average molecular weight is 356 g/mol. The number of rotatable bonds is 3. The first-order valence-electron chi connectivity index (χ1n) is 8.45. The van der Waals surface area contributed by atoms with E-state index in [-0.39, 0.29) is 12.1 Å². The summed E-state index contributed by atoms with van der Waals surface area (Å²) in [7, 11) is 1.84. The monoisotopic (exact) mass is 356 g/mol. The van der Waals surface area contributed by atoms with Gasteiger partial charge in [0.15, 0.2) is 0 Å². The van der Waals surface area contributed by atoms with E-state index in [0.29, 0.717) is 5.69 Å². The van der Waals surface area contributed by atoms with Crippen LogP contribution in [0.1, 0.15) is 41.4 Å². The lowest BCUT2D eigenvalue weighted by Crippen LogP contribution is -2.31. The molecular formula is C17H20N6OS. The molecule has 2 aromatic heterocycles. The SMILES string of the molecule is C[C@H](NC(=O)Nc1ccc2c(c1)nnn2C)c1nc2c(s1)CCCC2. The van der Waals surface area contributed by atoms with E-state index in [9.17, 15) is 4.79 Å². The summed E-state index contributed by atoms with van der Waals surface area (Å²) in [6.07, 6.45) is 4.62. The number of nitrogens with one attached hydrogen (secondary N) is 2. The number of amides is 2. The summed E-state index contributed by atoms with van der Waals surface area (Å²) in [5.41, 5.74) is 3.58. The Labute approximate surface area is 149 Å². The van der Waals surface area contributed by atoms with Gasteiger partial charge >= 0.3 is 6.03 Å². The maximum absolute atomic E-state index is 12.3. The second-order valence-electron chi connectivity index (χ2n) is 6.37. The number of hydrogen-bond acceptors (Lipinski definition) is 5. The molecule has 130 valence electrons.